The van der Waals surface area contributed by atoms with E-state index in [9.17, 15) is 9.59 Å². The van der Waals surface area contributed by atoms with Gasteiger partial charge in [-0.2, -0.15) is 5.10 Å². The Hall–Kier alpha value is -3.41. The van der Waals surface area contributed by atoms with Crippen LogP contribution in [-0.4, -0.2) is 46.0 Å². The fraction of sp³-hybridized carbons (Fsp3) is 0.190. The van der Waals surface area contributed by atoms with Gasteiger partial charge in [-0.25, -0.2) is 0 Å². The lowest BCUT2D eigenvalue weighted by Gasteiger charge is -2.35. The fourth-order valence-corrected chi connectivity index (χ4v) is 3.40. The van der Waals surface area contributed by atoms with Crippen LogP contribution >= 0.6 is 0 Å². The first kappa shape index (κ1) is 17.0. The van der Waals surface area contributed by atoms with Crippen molar-refractivity contribution in [1.29, 1.82) is 0 Å². The van der Waals surface area contributed by atoms with Gasteiger partial charge in [-0.05, 0) is 23.3 Å². The second-order valence-corrected chi connectivity index (χ2v) is 6.56. The summed E-state index contributed by atoms with van der Waals surface area (Å²) in [4.78, 5) is 27.4. The number of aromatic amines is 1. The predicted molar refractivity (Wildman–Crippen MR) is 102 cm³/mol. The van der Waals surface area contributed by atoms with Crippen LogP contribution in [0.2, 0.25) is 0 Å². The van der Waals surface area contributed by atoms with E-state index in [1.807, 2.05) is 48.5 Å². The minimum absolute atomic E-state index is 0.107. The largest absolute Gasteiger partial charge is 0.353 e. The van der Waals surface area contributed by atoms with Crippen molar-refractivity contribution in [2.75, 3.05) is 13.1 Å². The number of H-pyrrole nitrogens is 1. The Morgan fingerprint density at radius 2 is 1.96 bits per heavy atom. The van der Waals surface area contributed by atoms with E-state index in [0.717, 1.165) is 16.7 Å². The summed E-state index contributed by atoms with van der Waals surface area (Å²) in [5.41, 5.74) is 3.43. The minimum Gasteiger partial charge on any atom is -0.353 e. The van der Waals surface area contributed by atoms with E-state index in [0.29, 0.717) is 25.1 Å². The highest BCUT2D eigenvalue weighted by Gasteiger charge is 2.33. The molecule has 0 spiro atoms. The maximum Gasteiger partial charge on any atom is 0.254 e. The first-order valence-electron chi connectivity index (χ1n) is 8.94. The fourth-order valence-electron chi connectivity index (χ4n) is 3.40. The van der Waals surface area contributed by atoms with Crippen LogP contribution in [0.1, 0.15) is 15.9 Å². The van der Waals surface area contributed by atoms with E-state index in [4.69, 9.17) is 0 Å². The van der Waals surface area contributed by atoms with Gasteiger partial charge in [-0.1, -0.05) is 42.5 Å². The molecule has 4 rings (SSSR count). The van der Waals surface area contributed by atoms with Crippen molar-refractivity contribution in [3.8, 4) is 11.1 Å². The summed E-state index contributed by atoms with van der Waals surface area (Å²) in [6.07, 6.45) is 4.01. The average molecular weight is 360 g/mol. The summed E-state index contributed by atoms with van der Waals surface area (Å²) in [5, 5.41) is 9.62. The lowest BCUT2D eigenvalue weighted by atomic mass is 10.00. The maximum absolute atomic E-state index is 13.2. The quantitative estimate of drug-likeness (QED) is 0.749. The van der Waals surface area contributed by atoms with Crippen molar-refractivity contribution < 1.29 is 9.59 Å². The third-order valence-corrected chi connectivity index (χ3v) is 4.80. The van der Waals surface area contributed by atoms with Crippen LogP contribution in [0.25, 0.3) is 11.1 Å². The van der Waals surface area contributed by atoms with Gasteiger partial charge in [-0.15, -0.1) is 0 Å². The number of carbonyl (C=O) groups excluding carboxylic acids is 2. The van der Waals surface area contributed by atoms with Crippen molar-refractivity contribution >= 4 is 11.8 Å². The van der Waals surface area contributed by atoms with Crippen molar-refractivity contribution in [3.05, 3.63) is 78.1 Å². The van der Waals surface area contributed by atoms with Crippen LogP contribution in [-0.2, 0) is 11.2 Å². The number of benzene rings is 2. The molecular formula is C21H20N4O2. The Morgan fingerprint density at radius 1 is 1.11 bits per heavy atom. The van der Waals surface area contributed by atoms with Crippen molar-refractivity contribution in [3.63, 3.8) is 0 Å². The molecule has 1 aliphatic heterocycles. The van der Waals surface area contributed by atoms with E-state index in [1.165, 1.54) is 0 Å². The van der Waals surface area contributed by atoms with Crippen LogP contribution < -0.4 is 5.32 Å². The van der Waals surface area contributed by atoms with Crippen LogP contribution in [0.15, 0.2) is 67.0 Å². The number of rotatable bonds is 4. The molecule has 6 nitrogen and oxygen atoms in total. The van der Waals surface area contributed by atoms with Gasteiger partial charge in [0.05, 0.1) is 6.20 Å². The van der Waals surface area contributed by atoms with Gasteiger partial charge in [0, 0.05) is 36.8 Å². The summed E-state index contributed by atoms with van der Waals surface area (Å²) < 4.78 is 0. The second-order valence-electron chi connectivity index (χ2n) is 6.56. The SMILES string of the molecule is O=C1NCCN(C(=O)c2cccc(-c3cn[nH]c3)c2)C1Cc1ccccc1. The van der Waals surface area contributed by atoms with Gasteiger partial charge in [0.15, 0.2) is 0 Å². The van der Waals surface area contributed by atoms with E-state index < -0.39 is 6.04 Å². The standard InChI is InChI=1S/C21H20N4O2/c26-20-19(11-15-5-2-1-3-6-15)25(10-9-22-20)21(27)17-8-4-7-16(12-17)18-13-23-24-14-18/h1-8,12-14,19H,9-11H2,(H,22,26)(H,23,24). The lowest BCUT2D eigenvalue weighted by molar-refractivity contribution is -0.127. The molecule has 27 heavy (non-hydrogen) atoms. The Labute approximate surface area is 157 Å². The molecule has 2 heterocycles. The Kier molecular flexibility index (Phi) is 4.70. The zero-order valence-electron chi connectivity index (χ0n) is 14.8. The molecule has 1 aliphatic rings. The van der Waals surface area contributed by atoms with Gasteiger partial charge in [0.1, 0.15) is 6.04 Å². The van der Waals surface area contributed by atoms with Gasteiger partial charge in [-0.3, -0.25) is 14.7 Å². The molecule has 0 aliphatic carbocycles. The molecule has 1 unspecified atom stereocenters. The van der Waals surface area contributed by atoms with Gasteiger partial charge < -0.3 is 10.2 Å². The van der Waals surface area contributed by atoms with Crippen LogP contribution in [0, 0.1) is 0 Å². The highest BCUT2D eigenvalue weighted by molar-refractivity contribution is 5.99. The van der Waals surface area contributed by atoms with Crippen LogP contribution in [0.4, 0.5) is 0 Å². The van der Waals surface area contributed by atoms with Crippen LogP contribution in [0.5, 0.6) is 0 Å². The smallest absolute Gasteiger partial charge is 0.254 e. The summed E-state index contributed by atoms with van der Waals surface area (Å²) in [7, 11) is 0. The number of nitrogens with one attached hydrogen (secondary N) is 2. The monoisotopic (exact) mass is 360 g/mol. The molecule has 1 aromatic heterocycles. The molecule has 0 radical (unpaired) electrons. The summed E-state index contributed by atoms with van der Waals surface area (Å²) in [6, 6.07) is 16.7. The predicted octanol–water partition coefficient (Wildman–Crippen LogP) is 2.26. The third-order valence-electron chi connectivity index (χ3n) is 4.80. The van der Waals surface area contributed by atoms with Crippen molar-refractivity contribution in [1.82, 2.24) is 20.4 Å². The first-order chi connectivity index (χ1) is 13.2. The maximum atomic E-state index is 13.2. The molecule has 1 fully saturated rings. The summed E-state index contributed by atoms with van der Waals surface area (Å²) in [5.74, 6) is -0.236. The summed E-state index contributed by atoms with van der Waals surface area (Å²) in [6.45, 7) is 0.968. The first-order valence-corrected chi connectivity index (χ1v) is 8.94. The number of nitrogens with zero attached hydrogens (tertiary/aromatic N) is 2. The number of piperazine rings is 1. The highest BCUT2D eigenvalue weighted by Crippen LogP contribution is 2.21. The average Bonchev–Trinajstić information content (AvgIpc) is 3.25. The van der Waals surface area contributed by atoms with E-state index in [2.05, 4.69) is 15.5 Å². The molecule has 3 aromatic rings. The number of carbonyl (C=O) groups is 2. The molecule has 136 valence electrons. The topological polar surface area (TPSA) is 78.1 Å². The van der Waals surface area contributed by atoms with Gasteiger partial charge in [0.25, 0.3) is 5.91 Å². The molecular weight excluding hydrogens is 340 g/mol. The minimum atomic E-state index is -0.508. The van der Waals surface area contributed by atoms with Gasteiger partial charge in [0.2, 0.25) is 5.91 Å². The molecule has 2 N–H and O–H groups in total. The zero-order valence-corrected chi connectivity index (χ0v) is 14.8. The number of aromatic nitrogens is 2. The molecule has 2 amide bonds. The van der Waals surface area contributed by atoms with Crippen LogP contribution in [0.3, 0.4) is 0 Å². The van der Waals surface area contributed by atoms with E-state index in [-0.39, 0.29) is 11.8 Å². The highest BCUT2D eigenvalue weighted by atomic mass is 16.2. The lowest BCUT2D eigenvalue weighted by Crippen LogP contribution is -2.58. The molecule has 1 saturated heterocycles. The second kappa shape index (κ2) is 7.45. The molecule has 1 atom stereocenters. The third kappa shape index (κ3) is 3.60. The molecule has 2 aromatic carbocycles. The summed E-state index contributed by atoms with van der Waals surface area (Å²) >= 11 is 0. The normalized spacial score (nSPS) is 16.8. The molecule has 0 saturated carbocycles. The zero-order chi connectivity index (χ0) is 18.6. The Bertz CT molecular complexity index is 938. The van der Waals surface area contributed by atoms with E-state index in [1.54, 1.807) is 23.4 Å². The van der Waals surface area contributed by atoms with Crippen molar-refractivity contribution in [2.24, 2.45) is 0 Å². The number of hydrogen-bond acceptors (Lipinski definition) is 3. The number of amides is 2. The van der Waals surface area contributed by atoms with Gasteiger partial charge >= 0.3 is 0 Å². The Morgan fingerprint density at radius 3 is 2.74 bits per heavy atom. The number of hydrogen-bond donors (Lipinski definition) is 2. The molecule has 6 heteroatoms. The van der Waals surface area contributed by atoms with E-state index >= 15 is 0 Å². The molecule has 0 bridgehead atoms. The Balaban J connectivity index is 1.61. The van der Waals surface area contributed by atoms with Crippen molar-refractivity contribution in [2.45, 2.75) is 12.5 Å².